The van der Waals surface area contributed by atoms with E-state index in [4.69, 9.17) is 16.9 Å². The molecule has 3 rings (SSSR count). The molecule has 0 radical (unpaired) electrons. The summed E-state index contributed by atoms with van der Waals surface area (Å²) in [5.74, 6) is 0.848. The van der Waals surface area contributed by atoms with E-state index in [1.165, 1.54) is 0 Å². The predicted molar refractivity (Wildman–Crippen MR) is 89.3 cm³/mol. The largest absolute Gasteiger partial charge is 0.268 e. The summed E-state index contributed by atoms with van der Waals surface area (Å²) in [5, 5.41) is 11.8. The van der Waals surface area contributed by atoms with Gasteiger partial charge in [0, 0.05) is 5.02 Å². The summed E-state index contributed by atoms with van der Waals surface area (Å²) in [5.41, 5.74) is 1.10. The van der Waals surface area contributed by atoms with E-state index < -0.39 is 0 Å². The van der Waals surface area contributed by atoms with Gasteiger partial charge in [-0.2, -0.15) is 5.26 Å². The number of aromatic nitrogens is 2. The summed E-state index contributed by atoms with van der Waals surface area (Å²) < 4.78 is 1.54. The van der Waals surface area contributed by atoms with E-state index in [0.717, 1.165) is 17.4 Å². The third kappa shape index (κ3) is 2.71. The summed E-state index contributed by atoms with van der Waals surface area (Å²) in [6.45, 7) is 0. The first-order chi connectivity index (χ1) is 10.7. The van der Waals surface area contributed by atoms with Crippen LogP contribution in [0.5, 0.6) is 0 Å². The van der Waals surface area contributed by atoms with Crippen molar-refractivity contribution in [3.8, 4) is 11.1 Å². The molecule has 1 heterocycles. The van der Waals surface area contributed by atoms with Crippen LogP contribution in [-0.4, -0.2) is 9.55 Å². The Morgan fingerprint density at radius 2 is 2.00 bits per heavy atom. The first-order valence-corrected chi connectivity index (χ1v) is 7.84. The fourth-order valence-electron chi connectivity index (χ4n) is 2.24. The second-order valence-corrected chi connectivity index (χ2v) is 5.74. The van der Waals surface area contributed by atoms with Gasteiger partial charge in [-0.15, -0.1) is 0 Å². The number of nitriles is 1. The van der Waals surface area contributed by atoms with Crippen LogP contribution in [0, 0.1) is 10.7 Å². The molecule has 0 bridgehead atoms. The normalized spacial score (nSPS) is 10.5. The highest BCUT2D eigenvalue weighted by Gasteiger charge is 2.13. The van der Waals surface area contributed by atoms with Crippen molar-refractivity contribution in [2.75, 3.05) is 0 Å². The quantitative estimate of drug-likeness (QED) is 0.687. The Bertz CT molecular complexity index is 932. The first kappa shape index (κ1) is 14.6. The lowest BCUT2D eigenvalue weighted by Crippen LogP contribution is -2.23. The van der Waals surface area contributed by atoms with E-state index in [1.54, 1.807) is 22.8 Å². The summed E-state index contributed by atoms with van der Waals surface area (Å²) >= 11 is 7.02. The number of para-hydroxylation sites is 1. The van der Waals surface area contributed by atoms with Gasteiger partial charge in [-0.3, -0.25) is 9.36 Å². The minimum Gasteiger partial charge on any atom is -0.268 e. The molecule has 3 aromatic rings. The molecule has 4 nitrogen and oxygen atoms in total. The number of fused-ring (bicyclic) bond motifs is 1. The number of hydrogen-bond donors (Lipinski definition) is 0. The number of nitrogens with zero attached hydrogens (tertiary/aromatic N) is 3. The molecule has 0 saturated carbocycles. The molecule has 1 aromatic heterocycles. The smallest absolute Gasteiger partial charge is 0.265 e. The highest BCUT2D eigenvalue weighted by molar-refractivity contribution is 8.02. The Balaban J connectivity index is 2.33. The highest BCUT2D eigenvalue weighted by Crippen LogP contribution is 2.19. The molecule has 0 amide bonds. The molecule has 0 N–H and O–H groups in total. The first-order valence-electron chi connectivity index (χ1n) is 6.48. The minimum absolute atomic E-state index is 0.165. The summed E-state index contributed by atoms with van der Waals surface area (Å²) in [6.07, 6.45) is 0. The maximum Gasteiger partial charge on any atom is 0.265 e. The second kappa shape index (κ2) is 6.22. The van der Waals surface area contributed by atoms with Crippen LogP contribution in [0.4, 0.5) is 0 Å². The minimum atomic E-state index is -0.165. The van der Waals surface area contributed by atoms with Gasteiger partial charge in [0.05, 0.1) is 22.3 Å². The molecule has 0 aliphatic carbocycles. The van der Waals surface area contributed by atoms with Gasteiger partial charge in [-0.25, -0.2) is 4.98 Å². The zero-order valence-corrected chi connectivity index (χ0v) is 12.9. The second-order valence-electron chi connectivity index (χ2n) is 4.55. The molecule has 2 aromatic carbocycles. The number of rotatable bonds is 3. The average molecular weight is 328 g/mol. The van der Waals surface area contributed by atoms with Crippen LogP contribution in [0.15, 0.2) is 53.3 Å². The monoisotopic (exact) mass is 327 g/mol. The molecule has 0 aliphatic rings. The van der Waals surface area contributed by atoms with Crippen LogP contribution in [0.25, 0.3) is 16.6 Å². The predicted octanol–water partition coefficient (Wildman–Crippen LogP) is 3.75. The zero-order chi connectivity index (χ0) is 15.5. The van der Waals surface area contributed by atoms with Gasteiger partial charge in [0.25, 0.3) is 5.56 Å². The maximum atomic E-state index is 12.8. The van der Waals surface area contributed by atoms with E-state index in [1.807, 2.05) is 35.7 Å². The van der Waals surface area contributed by atoms with Gasteiger partial charge in [0.1, 0.15) is 11.2 Å². The summed E-state index contributed by atoms with van der Waals surface area (Å²) in [6, 6.07) is 14.3. The molecular formula is C16H10ClN3OS. The van der Waals surface area contributed by atoms with Crippen LogP contribution in [0.3, 0.4) is 0 Å². The Hall–Kier alpha value is -2.29. The molecule has 0 spiro atoms. The Kier molecular flexibility index (Phi) is 4.14. The van der Waals surface area contributed by atoms with Crippen LogP contribution in [-0.2, 0) is 5.75 Å². The van der Waals surface area contributed by atoms with Gasteiger partial charge >= 0.3 is 0 Å². The van der Waals surface area contributed by atoms with E-state index in [9.17, 15) is 4.79 Å². The average Bonchev–Trinajstić information content (AvgIpc) is 2.53. The number of thiocyanates is 1. The number of benzene rings is 2. The van der Waals surface area contributed by atoms with Gasteiger partial charge in [-0.1, -0.05) is 29.8 Å². The number of halogens is 1. The van der Waals surface area contributed by atoms with Crippen LogP contribution < -0.4 is 5.56 Å². The van der Waals surface area contributed by atoms with Crippen molar-refractivity contribution in [3.63, 3.8) is 0 Å². The van der Waals surface area contributed by atoms with Gasteiger partial charge in [-0.05, 0) is 42.1 Å². The van der Waals surface area contributed by atoms with Crippen LogP contribution in [0.2, 0.25) is 5.02 Å². The fraction of sp³-hybridized carbons (Fsp3) is 0.0625. The lowest BCUT2D eigenvalue weighted by Gasteiger charge is -2.12. The van der Waals surface area contributed by atoms with Crippen molar-refractivity contribution in [1.29, 1.82) is 5.26 Å². The van der Waals surface area contributed by atoms with Crippen molar-refractivity contribution in [3.05, 3.63) is 69.7 Å². The van der Waals surface area contributed by atoms with E-state index in [-0.39, 0.29) is 5.56 Å². The SMILES string of the molecule is N#CSCc1nc2cc(Cl)ccc2c(=O)n1-c1ccccc1. The van der Waals surface area contributed by atoms with Gasteiger partial charge in [0.15, 0.2) is 0 Å². The van der Waals surface area contributed by atoms with Crippen molar-refractivity contribution >= 4 is 34.3 Å². The Morgan fingerprint density at radius 1 is 1.23 bits per heavy atom. The molecule has 0 aliphatic heterocycles. The Labute approximate surface area is 136 Å². The molecule has 0 unspecified atom stereocenters. The Morgan fingerprint density at radius 3 is 2.73 bits per heavy atom. The third-order valence-electron chi connectivity index (χ3n) is 3.18. The maximum absolute atomic E-state index is 12.8. The van der Waals surface area contributed by atoms with E-state index in [0.29, 0.717) is 27.5 Å². The molecule has 22 heavy (non-hydrogen) atoms. The van der Waals surface area contributed by atoms with Crippen LogP contribution >= 0.6 is 23.4 Å². The van der Waals surface area contributed by atoms with Crippen molar-refractivity contribution in [2.45, 2.75) is 5.75 Å². The molecule has 108 valence electrons. The highest BCUT2D eigenvalue weighted by atomic mass is 35.5. The van der Waals surface area contributed by atoms with Crippen molar-refractivity contribution in [1.82, 2.24) is 9.55 Å². The molecule has 0 saturated heterocycles. The lowest BCUT2D eigenvalue weighted by molar-refractivity contribution is 0.885. The number of hydrogen-bond acceptors (Lipinski definition) is 4. The van der Waals surface area contributed by atoms with Crippen LogP contribution in [0.1, 0.15) is 5.82 Å². The number of thioether (sulfide) groups is 1. The molecule has 6 heteroatoms. The molecule has 0 atom stereocenters. The lowest BCUT2D eigenvalue weighted by atomic mass is 10.2. The van der Waals surface area contributed by atoms with E-state index in [2.05, 4.69) is 4.98 Å². The third-order valence-corrected chi connectivity index (χ3v) is 3.95. The zero-order valence-electron chi connectivity index (χ0n) is 11.4. The standard InChI is InChI=1S/C16H10ClN3OS/c17-11-6-7-13-14(8-11)19-15(9-22-10-18)20(16(13)21)12-4-2-1-3-5-12/h1-8H,9H2. The molecular weight excluding hydrogens is 318 g/mol. The summed E-state index contributed by atoms with van der Waals surface area (Å²) in [4.78, 5) is 17.3. The van der Waals surface area contributed by atoms with Gasteiger partial charge < -0.3 is 0 Å². The van der Waals surface area contributed by atoms with Crippen molar-refractivity contribution in [2.24, 2.45) is 0 Å². The fourth-order valence-corrected chi connectivity index (χ4v) is 2.80. The topological polar surface area (TPSA) is 58.7 Å². The van der Waals surface area contributed by atoms with Gasteiger partial charge in [0.2, 0.25) is 0 Å². The molecule has 0 fully saturated rings. The summed E-state index contributed by atoms with van der Waals surface area (Å²) in [7, 11) is 0. The van der Waals surface area contributed by atoms with E-state index >= 15 is 0 Å². The van der Waals surface area contributed by atoms with Crippen molar-refractivity contribution < 1.29 is 0 Å².